The van der Waals surface area contributed by atoms with Gasteiger partial charge in [0, 0.05) is 13.6 Å². The van der Waals surface area contributed by atoms with E-state index in [1.54, 1.807) is 12.1 Å². The first-order chi connectivity index (χ1) is 14.4. The molecule has 0 saturated carbocycles. The van der Waals surface area contributed by atoms with Crippen LogP contribution in [-0.4, -0.2) is 33.9 Å². The zero-order chi connectivity index (χ0) is 21.5. The number of rotatable bonds is 6. The van der Waals surface area contributed by atoms with Gasteiger partial charge in [-0.3, -0.25) is 20.4 Å². The summed E-state index contributed by atoms with van der Waals surface area (Å²) in [6.45, 7) is -0.149. The number of aryl methyl sites for hydroxylation is 1. The van der Waals surface area contributed by atoms with Crippen LogP contribution in [0.1, 0.15) is 11.4 Å². The Balaban J connectivity index is 1.37. The van der Waals surface area contributed by atoms with Gasteiger partial charge in [0.1, 0.15) is 18.2 Å². The first kappa shape index (κ1) is 20.8. The van der Waals surface area contributed by atoms with Crippen molar-refractivity contribution in [2.45, 2.75) is 13.0 Å². The normalized spacial score (nSPS) is 10.5. The third-order valence-corrected chi connectivity index (χ3v) is 4.32. The molecule has 2 aromatic carbocycles. The summed E-state index contributed by atoms with van der Waals surface area (Å²) in [7, 11) is 1.81. The van der Waals surface area contributed by atoms with Gasteiger partial charge < -0.3 is 15.2 Å². The SMILES string of the molecule is Cn1c(CC(=O)NNC(=O)CNC(=O)NCc2ccc(F)cc2)nc2ccccc21. The van der Waals surface area contributed by atoms with E-state index >= 15 is 0 Å². The number of para-hydroxylation sites is 2. The highest BCUT2D eigenvalue weighted by molar-refractivity contribution is 5.87. The molecule has 4 N–H and O–H groups in total. The second kappa shape index (κ2) is 9.50. The topological polar surface area (TPSA) is 117 Å². The van der Waals surface area contributed by atoms with Crippen molar-refractivity contribution in [2.75, 3.05) is 6.54 Å². The molecule has 0 radical (unpaired) electrons. The lowest BCUT2D eigenvalue weighted by molar-refractivity contribution is -0.128. The average Bonchev–Trinajstić information content (AvgIpc) is 3.05. The van der Waals surface area contributed by atoms with E-state index in [2.05, 4.69) is 26.5 Å². The lowest BCUT2D eigenvalue weighted by atomic mass is 10.2. The lowest BCUT2D eigenvalue weighted by Crippen LogP contribution is -2.48. The number of hydrogen-bond donors (Lipinski definition) is 4. The number of imidazole rings is 1. The molecule has 4 amide bonds. The molecule has 156 valence electrons. The molecule has 1 heterocycles. The summed E-state index contributed by atoms with van der Waals surface area (Å²) in [5.41, 5.74) is 6.92. The van der Waals surface area contributed by atoms with Crippen molar-refractivity contribution in [3.63, 3.8) is 0 Å². The first-order valence-corrected chi connectivity index (χ1v) is 9.16. The molecular weight excluding hydrogens is 391 g/mol. The molecular formula is C20H21FN6O3. The molecule has 3 rings (SSSR count). The lowest BCUT2D eigenvalue weighted by Gasteiger charge is -2.09. The van der Waals surface area contributed by atoms with Crippen molar-refractivity contribution >= 4 is 28.9 Å². The highest BCUT2D eigenvalue weighted by Gasteiger charge is 2.12. The van der Waals surface area contributed by atoms with Crippen LogP contribution in [0.3, 0.4) is 0 Å². The van der Waals surface area contributed by atoms with Crippen LogP contribution in [0.15, 0.2) is 48.5 Å². The summed E-state index contributed by atoms with van der Waals surface area (Å²) in [6.07, 6.45) is -0.0168. The van der Waals surface area contributed by atoms with E-state index < -0.39 is 17.8 Å². The summed E-state index contributed by atoms with van der Waals surface area (Å²) in [5.74, 6) is -0.841. The maximum Gasteiger partial charge on any atom is 0.315 e. The monoisotopic (exact) mass is 412 g/mol. The number of carbonyl (C=O) groups is 3. The van der Waals surface area contributed by atoms with Crippen molar-refractivity contribution in [1.82, 2.24) is 31.0 Å². The number of aromatic nitrogens is 2. The van der Waals surface area contributed by atoms with Gasteiger partial charge in [0.25, 0.3) is 5.91 Å². The third kappa shape index (κ3) is 5.53. The Morgan fingerprint density at radius 1 is 0.967 bits per heavy atom. The van der Waals surface area contributed by atoms with Crippen molar-refractivity contribution in [2.24, 2.45) is 7.05 Å². The fourth-order valence-electron chi connectivity index (χ4n) is 2.73. The average molecular weight is 412 g/mol. The molecule has 0 aliphatic carbocycles. The van der Waals surface area contributed by atoms with Crippen LogP contribution in [0.25, 0.3) is 11.0 Å². The minimum atomic E-state index is -0.592. The van der Waals surface area contributed by atoms with E-state index in [0.29, 0.717) is 11.4 Å². The van der Waals surface area contributed by atoms with Gasteiger partial charge >= 0.3 is 6.03 Å². The Kier molecular flexibility index (Phi) is 6.58. The predicted octanol–water partition coefficient (Wildman–Crippen LogP) is 0.902. The molecule has 9 nitrogen and oxygen atoms in total. The highest BCUT2D eigenvalue weighted by atomic mass is 19.1. The van der Waals surface area contributed by atoms with E-state index in [1.807, 2.05) is 35.9 Å². The summed E-state index contributed by atoms with van der Waals surface area (Å²) < 4.78 is 14.6. The maximum atomic E-state index is 12.8. The molecule has 30 heavy (non-hydrogen) atoms. The van der Waals surface area contributed by atoms with E-state index in [0.717, 1.165) is 11.0 Å². The minimum absolute atomic E-state index is 0.0168. The first-order valence-electron chi connectivity index (χ1n) is 9.16. The summed E-state index contributed by atoms with van der Waals surface area (Å²) >= 11 is 0. The van der Waals surface area contributed by atoms with Crippen molar-refractivity contribution in [3.05, 3.63) is 65.7 Å². The molecule has 1 aromatic heterocycles. The van der Waals surface area contributed by atoms with E-state index in [4.69, 9.17) is 0 Å². The Morgan fingerprint density at radius 2 is 1.67 bits per heavy atom. The van der Waals surface area contributed by atoms with Crippen molar-refractivity contribution in [1.29, 1.82) is 0 Å². The maximum absolute atomic E-state index is 12.8. The summed E-state index contributed by atoms with van der Waals surface area (Å²) in [4.78, 5) is 40.0. The highest BCUT2D eigenvalue weighted by Crippen LogP contribution is 2.14. The van der Waals surface area contributed by atoms with Crippen LogP contribution >= 0.6 is 0 Å². The third-order valence-electron chi connectivity index (χ3n) is 4.32. The largest absolute Gasteiger partial charge is 0.334 e. The summed E-state index contributed by atoms with van der Waals surface area (Å²) in [6, 6.07) is 12.6. The van der Waals surface area contributed by atoms with Crippen LogP contribution in [0.2, 0.25) is 0 Å². The zero-order valence-electron chi connectivity index (χ0n) is 16.2. The predicted molar refractivity (Wildman–Crippen MR) is 107 cm³/mol. The van der Waals surface area contributed by atoms with Crippen molar-refractivity contribution in [3.8, 4) is 0 Å². The number of fused-ring (bicyclic) bond motifs is 1. The number of urea groups is 1. The second-order valence-electron chi connectivity index (χ2n) is 6.51. The molecule has 3 aromatic rings. The second-order valence-corrected chi connectivity index (χ2v) is 6.51. The molecule has 0 spiro atoms. The van der Waals surface area contributed by atoms with Crippen LogP contribution in [0.5, 0.6) is 0 Å². The van der Waals surface area contributed by atoms with E-state index in [9.17, 15) is 18.8 Å². The molecule has 0 aliphatic heterocycles. The summed E-state index contributed by atoms with van der Waals surface area (Å²) in [5, 5.41) is 4.90. The number of amides is 4. The minimum Gasteiger partial charge on any atom is -0.334 e. The van der Waals surface area contributed by atoms with Gasteiger partial charge in [-0.05, 0) is 29.8 Å². The van der Waals surface area contributed by atoms with Gasteiger partial charge in [0.2, 0.25) is 5.91 Å². The number of nitrogens with zero attached hydrogens (tertiary/aromatic N) is 2. The molecule has 10 heteroatoms. The van der Waals surface area contributed by atoms with E-state index in [-0.39, 0.29) is 25.3 Å². The van der Waals surface area contributed by atoms with Crippen LogP contribution < -0.4 is 21.5 Å². The molecule has 0 bridgehead atoms. The van der Waals surface area contributed by atoms with Crippen LogP contribution in [-0.2, 0) is 29.6 Å². The van der Waals surface area contributed by atoms with Crippen LogP contribution in [0, 0.1) is 5.82 Å². The molecule has 0 aliphatic rings. The van der Waals surface area contributed by atoms with Gasteiger partial charge in [-0.15, -0.1) is 0 Å². The Hall–Kier alpha value is -3.95. The molecule has 0 unspecified atom stereocenters. The van der Waals surface area contributed by atoms with Crippen LogP contribution in [0.4, 0.5) is 9.18 Å². The smallest absolute Gasteiger partial charge is 0.315 e. The fraction of sp³-hybridized carbons (Fsp3) is 0.200. The standard InChI is InChI=1S/C20H21FN6O3/c1-27-16-5-3-2-4-15(16)24-17(27)10-18(28)25-26-19(29)12-23-20(30)22-11-13-6-8-14(21)9-7-13/h2-9H,10-12H2,1H3,(H,25,28)(H,26,29)(H2,22,23,30). The number of hydrazine groups is 1. The molecule has 0 fully saturated rings. The van der Waals surface area contributed by atoms with Gasteiger partial charge in [-0.1, -0.05) is 24.3 Å². The Labute approximate surface area is 171 Å². The van der Waals surface area contributed by atoms with Gasteiger partial charge in [0.15, 0.2) is 0 Å². The molecule has 0 saturated heterocycles. The van der Waals surface area contributed by atoms with Crippen molar-refractivity contribution < 1.29 is 18.8 Å². The number of carbonyl (C=O) groups excluding carboxylic acids is 3. The fourth-order valence-corrected chi connectivity index (χ4v) is 2.73. The Bertz CT molecular complexity index is 1060. The quantitative estimate of drug-likeness (QED) is 0.450. The van der Waals surface area contributed by atoms with Gasteiger partial charge in [0.05, 0.1) is 17.5 Å². The number of hydrogen-bond acceptors (Lipinski definition) is 4. The van der Waals surface area contributed by atoms with Gasteiger partial charge in [-0.2, -0.15) is 0 Å². The van der Waals surface area contributed by atoms with Gasteiger partial charge in [-0.25, -0.2) is 14.2 Å². The van der Waals surface area contributed by atoms with E-state index in [1.165, 1.54) is 12.1 Å². The Morgan fingerprint density at radius 3 is 2.40 bits per heavy atom. The number of nitrogens with one attached hydrogen (secondary N) is 4. The number of benzene rings is 2. The molecule has 0 atom stereocenters. The number of halogens is 1. The zero-order valence-corrected chi connectivity index (χ0v) is 16.2.